The molecule has 1 unspecified atom stereocenters. The van der Waals surface area contributed by atoms with Crippen LogP contribution in [0.15, 0.2) is 18.3 Å². The third kappa shape index (κ3) is 15.0. The molecule has 1 amide bonds. The number of quaternary nitrogens is 2. The molecule has 1 aromatic rings. The van der Waals surface area contributed by atoms with Gasteiger partial charge in [0, 0.05) is 6.20 Å². The predicted octanol–water partition coefficient (Wildman–Crippen LogP) is -1.63. The number of aromatic nitrogens is 1. The first-order valence-electron chi connectivity index (χ1n) is 10.9. The fourth-order valence-corrected chi connectivity index (χ4v) is 2.80. The fourth-order valence-electron chi connectivity index (χ4n) is 2.80. The Kier molecular flexibility index (Phi) is 15.8. The van der Waals surface area contributed by atoms with Crippen molar-refractivity contribution in [3.05, 3.63) is 24.0 Å². The number of nitrogens with zero attached hydrogens (tertiary/aromatic N) is 1. The number of ether oxygens (including phenoxy) is 1. The minimum atomic E-state index is -2.19. The summed E-state index contributed by atoms with van der Waals surface area (Å²) in [6, 6.07) is 3.64. The Balaban J connectivity index is 0.00000131. The lowest BCUT2D eigenvalue weighted by Gasteiger charge is -2.13. The van der Waals surface area contributed by atoms with Crippen molar-refractivity contribution in [1.82, 2.24) is 4.98 Å². The number of pyridine rings is 1. The number of rotatable bonds is 12. The van der Waals surface area contributed by atoms with Crippen LogP contribution in [0.1, 0.15) is 64.0 Å². The molecule has 0 spiro atoms. The minimum Gasteiger partial charge on any atom is -0.543 e. The van der Waals surface area contributed by atoms with Crippen LogP contribution in [0.5, 0.6) is 5.75 Å². The highest BCUT2D eigenvalue weighted by Gasteiger charge is 2.19. The van der Waals surface area contributed by atoms with Gasteiger partial charge in [0.1, 0.15) is 12.2 Å². The molecule has 0 saturated heterocycles. The van der Waals surface area contributed by atoms with Crippen LogP contribution in [0.3, 0.4) is 0 Å². The molecule has 1 atom stereocenters. The van der Waals surface area contributed by atoms with Crippen LogP contribution in [0.25, 0.3) is 0 Å². The molecular formula is C22H37N3O6. The Labute approximate surface area is 185 Å². The van der Waals surface area contributed by atoms with E-state index in [9.17, 15) is 4.79 Å². The van der Waals surface area contributed by atoms with Crippen molar-refractivity contribution in [2.24, 2.45) is 0 Å². The van der Waals surface area contributed by atoms with Gasteiger partial charge >= 0.3 is 6.09 Å². The molecule has 1 rings (SSSR count). The quantitative estimate of drug-likeness (QED) is 0.295. The Morgan fingerprint density at radius 2 is 1.48 bits per heavy atom. The van der Waals surface area contributed by atoms with E-state index >= 15 is 0 Å². The zero-order chi connectivity index (χ0) is 23.6. The van der Waals surface area contributed by atoms with Crippen LogP contribution in [0, 0.1) is 0 Å². The summed E-state index contributed by atoms with van der Waals surface area (Å²) in [7, 11) is 6.00. The van der Waals surface area contributed by atoms with E-state index in [2.05, 4.69) is 26.0 Å². The normalized spacial score (nSPS) is 11.4. The van der Waals surface area contributed by atoms with Crippen molar-refractivity contribution in [2.75, 3.05) is 27.7 Å². The molecule has 0 saturated carbocycles. The van der Waals surface area contributed by atoms with Gasteiger partial charge in [-0.05, 0) is 25.0 Å². The van der Waals surface area contributed by atoms with Crippen molar-refractivity contribution in [3.63, 3.8) is 0 Å². The first kappa shape index (κ1) is 28.5. The number of aliphatic carboxylic acids is 2. The van der Waals surface area contributed by atoms with Crippen molar-refractivity contribution in [2.45, 2.75) is 64.8 Å². The zero-order valence-electron chi connectivity index (χ0n) is 19.2. The number of carboxylic acid groups (broad SMARTS) is 2. The van der Waals surface area contributed by atoms with Crippen LogP contribution in [-0.4, -0.2) is 50.7 Å². The molecule has 9 nitrogen and oxygen atoms in total. The first-order chi connectivity index (χ1) is 14.7. The SMILES string of the molecule is CCCCCCCCCC[NH+](C)C(=O)Oc1cccnc1C[NH+](C)C.O=C([O-])C(=O)[O-]. The Morgan fingerprint density at radius 3 is 2.00 bits per heavy atom. The van der Waals surface area contributed by atoms with Gasteiger partial charge in [-0.3, -0.25) is 4.98 Å². The molecule has 9 heteroatoms. The minimum absolute atomic E-state index is 0.217. The molecule has 31 heavy (non-hydrogen) atoms. The molecular weight excluding hydrogens is 402 g/mol. The number of unbranched alkanes of at least 4 members (excludes halogenated alkanes) is 7. The molecule has 0 aromatic carbocycles. The lowest BCUT2D eigenvalue weighted by Crippen LogP contribution is -3.12. The summed E-state index contributed by atoms with van der Waals surface area (Å²) < 4.78 is 5.58. The predicted molar refractivity (Wildman–Crippen MR) is 111 cm³/mol. The molecule has 176 valence electrons. The van der Waals surface area contributed by atoms with Crippen molar-refractivity contribution in [3.8, 4) is 5.75 Å². The summed E-state index contributed by atoms with van der Waals surface area (Å²) in [6.07, 6.45) is 11.7. The highest BCUT2D eigenvalue weighted by molar-refractivity contribution is 6.25. The van der Waals surface area contributed by atoms with Crippen LogP contribution >= 0.6 is 0 Å². The van der Waals surface area contributed by atoms with Crippen LogP contribution in [-0.2, 0) is 16.1 Å². The summed E-state index contributed by atoms with van der Waals surface area (Å²) in [5, 5.41) is 17.9. The standard InChI is InChI=1S/C20H35N3O2.C2H2O4/c1-5-6-7-8-9-10-11-12-16-23(4)20(24)25-19-14-13-15-21-18(19)17-22(2)3;3-1(4)2(5)6/h13-15H,5-12,16-17H2,1-4H3;(H,3,4)(H,5,6). The summed E-state index contributed by atoms with van der Waals surface area (Å²) in [5.41, 5.74) is 0.829. The van der Waals surface area contributed by atoms with Gasteiger partial charge in [-0.2, -0.15) is 4.79 Å². The van der Waals surface area contributed by atoms with Crippen molar-refractivity contribution >= 4 is 18.0 Å². The number of carbonyl (C=O) groups is 3. The maximum absolute atomic E-state index is 12.3. The van der Waals surface area contributed by atoms with Crippen molar-refractivity contribution < 1.29 is 39.1 Å². The smallest absolute Gasteiger partial charge is 0.519 e. The second-order valence-corrected chi connectivity index (χ2v) is 7.80. The van der Waals surface area contributed by atoms with Gasteiger partial charge in [0.2, 0.25) is 0 Å². The average molecular weight is 440 g/mol. The molecule has 0 radical (unpaired) electrons. The second-order valence-electron chi connectivity index (χ2n) is 7.80. The lowest BCUT2D eigenvalue weighted by molar-refractivity contribution is -0.873. The van der Waals surface area contributed by atoms with Crippen LogP contribution in [0.4, 0.5) is 4.79 Å². The molecule has 1 aromatic heterocycles. The monoisotopic (exact) mass is 439 g/mol. The number of carboxylic acids is 2. The molecule has 1 heterocycles. The van der Waals surface area contributed by atoms with Gasteiger partial charge in [0.25, 0.3) is 0 Å². The molecule has 0 bridgehead atoms. The van der Waals surface area contributed by atoms with E-state index in [-0.39, 0.29) is 6.09 Å². The molecule has 0 aliphatic carbocycles. The number of nitrogens with one attached hydrogen (secondary N) is 2. The highest BCUT2D eigenvalue weighted by atomic mass is 16.6. The van der Waals surface area contributed by atoms with Crippen LogP contribution in [0.2, 0.25) is 0 Å². The lowest BCUT2D eigenvalue weighted by atomic mass is 10.1. The Hall–Kier alpha value is -2.52. The van der Waals surface area contributed by atoms with Gasteiger partial charge in [-0.25, -0.2) is 4.90 Å². The van der Waals surface area contributed by atoms with E-state index in [0.717, 1.165) is 30.1 Å². The van der Waals surface area contributed by atoms with E-state index in [1.807, 2.05) is 19.2 Å². The van der Waals surface area contributed by atoms with Gasteiger partial charge in [-0.1, -0.05) is 45.4 Å². The van der Waals surface area contributed by atoms with Gasteiger partial charge in [0.05, 0.1) is 39.6 Å². The van der Waals surface area contributed by atoms with Crippen molar-refractivity contribution in [1.29, 1.82) is 0 Å². The van der Waals surface area contributed by atoms with E-state index in [1.165, 1.54) is 49.8 Å². The fraction of sp³-hybridized carbons (Fsp3) is 0.636. The van der Waals surface area contributed by atoms with Gasteiger partial charge in [-0.15, -0.1) is 0 Å². The number of hydrogen-bond acceptors (Lipinski definition) is 7. The second kappa shape index (κ2) is 17.2. The summed E-state index contributed by atoms with van der Waals surface area (Å²) >= 11 is 0. The number of carbonyl (C=O) groups excluding carboxylic acids is 3. The third-order valence-corrected chi connectivity index (χ3v) is 4.49. The first-order valence-corrected chi connectivity index (χ1v) is 10.9. The van der Waals surface area contributed by atoms with E-state index < -0.39 is 11.9 Å². The third-order valence-electron chi connectivity index (χ3n) is 4.49. The largest absolute Gasteiger partial charge is 0.543 e. The average Bonchev–Trinajstić information content (AvgIpc) is 2.71. The summed E-state index contributed by atoms with van der Waals surface area (Å²) in [5.74, 6) is -3.78. The molecule has 0 fully saturated rings. The topological polar surface area (TPSA) is 128 Å². The highest BCUT2D eigenvalue weighted by Crippen LogP contribution is 2.14. The molecule has 0 aliphatic rings. The molecule has 2 N–H and O–H groups in total. The van der Waals surface area contributed by atoms with Crippen LogP contribution < -0.4 is 24.7 Å². The Morgan fingerprint density at radius 1 is 0.935 bits per heavy atom. The zero-order valence-corrected chi connectivity index (χ0v) is 19.2. The summed E-state index contributed by atoms with van der Waals surface area (Å²) in [6.45, 7) is 3.80. The Bertz CT molecular complexity index is 654. The van der Waals surface area contributed by atoms with E-state index in [4.69, 9.17) is 24.5 Å². The maximum atomic E-state index is 12.3. The van der Waals surface area contributed by atoms with E-state index in [0.29, 0.717) is 5.75 Å². The number of hydrogen-bond donors (Lipinski definition) is 2. The van der Waals surface area contributed by atoms with Gasteiger partial charge in [0.15, 0.2) is 5.75 Å². The number of amides is 1. The maximum Gasteiger partial charge on any atom is 0.519 e. The molecule has 0 aliphatic heterocycles. The van der Waals surface area contributed by atoms with Gasteiger partial charge < -0.3 is 29.4 Å². The summed E-state index contributed by atoms with van der Waals surface area (Å²) in [4.78, 5) is 36.5. The van der Waals surface area contributed by atoms with E-state index in [1.54, 1.807) is 6.20 Å².